The van der Waals surface area contributed by atoms with Crippen LogP contribution in [0.3, 0.4) is 0 Å². The Morgan fingerprint density at radius 3 is 2.56 bits per heavy atom. The molecule has 8 rings (SSSR count). The summed E-state index contributed by atoms with van der Waals surface area (Å²) in [6.45, 7) is 5.79. The molecular formula is C35H39FN8O4. The highest BCUT2D eigenvalue weighted by atomic mass is 19.1. The second-order valence-corrected chi connectivity index (χ2v) is 13.1. The zero-order valence-corrected chi connectivity index (χ0v) is 27.0. The number of ether oxygens (including phenoxy) is 1. The largest absolute Gasteiger partial charge is 0.392 e. The standard InChI is InChI=1S/C35H39FN8O4/c1-40-18-28(39-33(35(40)47)38-24-6-7-32(37-17-24)42-10-8-41(9-11-42)25-20-48-21-25)26-15-23(36)16-30(27(26)19-45)44-13-12-43-29-5-3-2-4-22(29)14-31(43)34(44)46/h6-7,14-18,25,45H,2-5,8-13,19-21H2,1H3,(H,38,39). The van der Waals surface area contributed by atoms with Gasteiger partial charge in [-0.05, 0) is 61.6 Å². The number of amides is 1. The summed E-state index contributed by atoms with van der Waals surface area (Å²) in [5.41, 5.74) is 4.49. The van der Waals surface area contributed by atoms with Crippen LogP contribution in [0.25, 0.3) is 11.3 Å². The summed E-state index contributed by atoms with van der Waals surface area (Å²) in [6, 6.07) is 8.86. The van der Waals surface area contributed by atoms with Gasteiger partial charge in [0.25, 0.3) is 11.5 Å². The van der Waals surface area contributed by atoms with Crippen molar-refractivity contribution >= 4 is 28.9 Å². The average molecular weight is 655 g/mol. The van der Waals surface area contributed by atoms with Crippen LogP contribution in [0.2, 0.25) is 0 Å². The molecule has 3 aromatic heterocycles. The normalized spacial score (nSPS) is 18.4. The molecule has 0 unspecified atom stereocenters. The Morgan fingerprint density at radius 1 is 1.02 bits per heavy atom. The molecule has 3 aliphatic heterocycles. The van der Waals surface area contributed by atoms with E-state index in [-0.39, 0.29) is 23.0 Å². The van der Waals surface area contributed by atoms with E-state index in [0.29, 0.717) is 47.3 Å². The van der Waals surface area contributed by atoms with E-state index >= 15 is 4.39 Å². The first-order valence-corrected chi connectivity index (χ1v) is 16.7. The topological polar surface area (TPSA) is 121 Å². The van der Waals surface area contributed by atoms with Crippen LogP contribution in [0.5, 0.6) is 0 Å². The number of halogens is 1. The molecule has 1 amide bonds. The van der Waals surface area contributed by atoms with Gasteiger partial charge >= 0.3 is 0 Å². The average Bonchev–Trinajstić information content (AvgIpc) is 3.46. The molecule has 0 atom stereocenters. The van der Waals surface area contributed by atoms with Crippen molar-refractivity contribution in [2.75, 3.05) is 61.1 Å². The number of aromatic nitrogens is 4. The van der Waals surface area contributed by atoms with E-state index in [4.69, 9.17) is 4.74 Å². The van der Waals surface area contributed by atoms with Crippen molar-refractivity contribution in [3.05, 3.63) is 81.4 Å². The maximum Gasteiger partial charge on any atom is 0.293 e. The van der Waals surface area contributed by atoms with E-state index in [9.17, 15) is 14.7 Å². The number of piperazine rings is 1. The number of hydrogen-bond donors (Lipinski definition) is 2. The van der Waals surface area contributed by atoms with E-state index in [1.54, 1.807) is 18.1 Å². The molecule has 4 aliphatic rings. The van der Waals surface area contributed by atoms with E-state index in [1.165, 1.54) is 34.2 Å². The van der Waals surface area contributed by atoms with Crippen molar-refractivity contribution in [2.45, 2.75) is 44.9 Å². The van der Waals surface area contributed by atoms with Gasteiger partial charge in [0.05, 0.1) is 49.1 Å². The number of fused-ring (bicyclic) bond motifs is 3. The summed E-state index contributed by atoms with van der Waals surface area (Å²) in [5.74, 6) is 0.104. The van der Waals surface area contributed by atoms with Crippen LogP contribution < -0.4 is 20.7 Å². The molecule has 0 saturated carbocycles. The zero-order chi connectivity index (χ0) is 32.9. The number of aliphatic hydroxyl groups is 1. The predicted molar refractivity (Wildman–Crippen MR) is 179 cm³/mol. The smallest absolute Gasteiger partial charge is 0.293 e. The van der Waals surface area contributed by atoms with E-state index < -0.39 is 12.4 Å². The third kappa shape index (κ3) is 5.45. The molecular weight excluding hydrogens is 615 g/mol. The number of rotatable bonds is 7. The Kier molecular flexibility index (Phi) is 7.97. The molecule has 12 nitrogen and oxygen atoms in total. The maximum absolute atomic E-state index is 15.3. The summed E-state index contributed by atoms with van der Waals surface area (Å²) < 4.78 is 24.1. The lowest BCUT2D eigenvalue weighted by molar-refractivity contribution is -0.0661. The molecule has 0 spiro atoms. The fourth-order valence-electron chi connectivity index (χ4n) is 7.48. The van der Waals surface area contributed by atoms with Gasteiger partial charge in [0.1, 0.15) is 17.3 Å². The lowest BCUT2D eigenvalue weighted by Gasteiger charge is -2.42. The molecule has 0 radical (unpaired) electrons. The van der Waals surface area contributed by atoms with Crippen LogP contribution in [-0.4, -0.2) is 87.0 Å². The first kappa shape index (κ1) is 30.7. The van der Waals surface area contributed by atoms with Gasteiger partial charge in [0.2, 0.25) is 0 Å². The fraction of sp³-hybridized carbons (Fsp3) is 0.429. The van der Waals surface area contributed by atoms with Crippen LogP contribution in [0.15, 0.2) is 47.5 Å². The van der Waals surface area contributed by atoms with Crippen molar-refractivity contribution in [3.63, 3.8) is 0 Å². The number of aliphatic hydroxyl groups excluding tert-OH is 1. The molecule has 2 fully saturated rings. The van der Waals surface area contributed by atoms with E-state index in [2.05, 4.69) is 29.7 Å². The number of nitrogens with one attached hydrogen (secondary N) is 1. The molecule has 1 aromatic carbocycles. The second-order valence-electron chi connectivity index (χ2n) is 13.1. The summed E-state index contributed by atoms with van der Waals surface area (Å²) in [7, 11) is 1.60. The molecule has 1 aliphatic carbocycles. The van der Waals surface area contributed by atoms with E-state index in [0.717, 1.165) is 70.9 Å². The number of pyridine rings is 1. The van der Waals surface area contributed by atoms with Gasteiger partial charge in [-0.1, -0.05) is 0 Å². The number of carbonyl (C=O) groups excluding carboxylic acids is 1. The molecule has 0 bridgehead atoms. The number of carbonyl (C=O) groups is 1. The Bertz CT molecular complexity index is 1930. The van der Waals surface area contributed by atoms with Gasteiger partial charge in [0, 0.05) is 69.3 Å². The highest BCUT2D eigenvalue weighted by Crippen LogP contribution is 2.36. The van der Waals surface area contributed by atoms with Crippen molar-refractivity contribution in [1.82, 2.24) is 24.0 Å². The highest BCUT2D eigenvalue weighted by molar-refractivity contribution is 6.07. The molecule has 48 heavy (non-hydrogen) atoms. The quantitative estimate of drug-likeness (QED) is 0.310. The van der Waals surface area contributed by atoms with Gasteiger partial charge in [-0.25, -0.2) is 14.4 Å². The summed E-state index contributed by atoms with van der Waals surface area (Å²) >= 11 is 0. The third-order valence-electron chi connectivity index (χ3n) is 10.2. The van der Waals surface area contributed by atoms with Crippen LogP contribution in [0, 0.1) is 5.82 Å². The van der Waals surface area contributed by atoms with Gasteiger partial charge in [0.15, 0.2) is 5.82 Å². The van der Waals surface area contributed by atoms with Gasteiger partial charge in [-0.3, -0.25) is 14.5 Å². The molecule has 2 N–H and O–H groups in total. The van der Waals surface area contributed by atoms with Gasteiger partial charge in [-0.15, -0.1) is 0 Å². The minimum atomic E-state index is -0.572. The first-order valence-electron chi connectivity index (χ1n) is 16.7. The van der Waals surface area contributed by atoms with Crippen LogP contribution in [0.1, 0.15) is 40.2 Å². The number of hydrogen-bond acceptors (Lipinski definition) is 9. The Morgan fingerprint density at radius 2 is 1.83 bits per heavy atom. The SMILES string of the molecule is Cn1cc(-c2cc(F)cc(N3CCn4c(cc5c4CCCC5)C3=O)c2CO)nc(Nc2ccc(N3CCN(C4COC4)CC3)nc2)c1=O. The summed E-state index contributed by atoms with van der Waals surface area (Å²) in [6.07, 6.45) is 7.31. The van der Waals surface area contributed by atoms with Crippen molar-refractivity contribution in [3.8, 4) is 11.3 Å². The fourth-order valence-corrected chi connectivity index (χ4v) is 7.48. The molecule has 2 saturated heterocycles. The zero-order valence-electron chi connectivity index (χ0n) is 27.0. The summed E-state index contributed by atoms with van der Waals surface area (Å²) in [5, 5.41) is 13.7. The van der Waals surface area contributed by atoms with Crippen molar-refractivity contribution in [2.24, 2.45) is 7.05 Å². The molecule has 250 valence electrons. The predicted octanol–water partition coefficient (Wildman–Crippen LogP) is 3.08. The van der Waals surface area contributed by atoms with Crippen LogP contribution >= 0.6 is 0 Å². The van der Waals surface area contributed by atoms with Crippen LogP contribution in [-0.2, 0) is 37.8 Å². The van der Waals surface area contributed by atoms with Gasteiger partial charge in [-0.2, -0.15) is 0 Å². The number of anilines is 4. The monoisotopic (exact) mass is 654 g/mol. The Labute approximate surface area is 277 Å². The maximum atomic E-state index is 15.3. The Balaban J connectivity index is 1.06. The lowest BCUT2D eigenvalue weighted by atomic mass is 9.98. The van der Waals surface area contributed by atoms with Crippen LogP contribution in [0.4, 0.5) is 27.4 Å². The number of benzene rings is 1. The first-order chi connectivity index (χ1) is 23.4. The highest BCUT2D eigenvalue weighted by Gasteiger charge is 2.33. The third-order valence-corrected chi connectivity index (χ3v) is 10.2. The molecule has 6 heterocycles. The lowest BCUT2D eigenvalue weighted by Crippen LogP contribution is -2.56. The Hall–Kier alpha value is -4.59. The molecule has 4 aromatic rings. The second kappa shape index (κ2) is 12.5. The van der Waals surface area contributed by atoms with Gasteiger partial charge < -0.3 is 34.1 Å². The van der Waals surface area contributed by atoms with E-state index in [1.807, 2.05) is 18.2 Å². The number of nitrogens with zero attached hydrogens (tertiary/aromatic N) is 7. The minimum Gasteiger partial charge on any atom is -0.392 e. The number of aryl methyl sites for hydroxylation is 2. The minimum absolute atomic E-state index is 0.0352. The molecule has 13 heteroatoms. The van der Waals surface area contributed by atoms with Crippen molar-refractivity contribution in [1.29, 1.82) is 0 Å². The van der Waals surface area contributed by atoms with Crippen molar-refractivity contribution < 1.29 is 19.0 Å². The summed E-state index contributed by atoms with van der Waals surface area (Å²) in [4.78, 5) is 42.5.